The molecule has 0 spiro atoms. The number of hydrogen-bond donors (Lipinski definition) is 0. The highest BCUT2D eigenvalue weighted by Crippen LogP contribution is 2.43. The summed E-state index contributed by atoms with van der Waals surface area (Å²) in [6, 6.07) is 58.8. The Labute approximate surface area is 369 Å². The van der Waals surface area contributed by atoms with Crippen molar-refractivity contribution in [2.45, 2.75) is 44.9 Å². The van der Waals surface area contributed by atoms with Crippen LogP contribution in [0.15, 0.2) is 170 Å². The molecule has 0 N–H and O–H groups in total. The summed E-state index contributed by atoms with van der Waals surface area (Å²) in [5.74, 6) is 1.18. The lowest BCUT2D eigenvalue weighted by Gasteiger charge is -2.36. The second-order valence-corrected chi connectivity index (χ2v) is 16.2. The summed E-state index contributed by atoms with van der Waals surface area (Å²) >= 11 is 0. The van der Waals surface area contributed by atoms with Crippen LogP contribution >= 0.6 is 0 Å². The van der Waals surface area contributed by atoms with E-state index in [-0.39, 0.29) is 5.97 Å². The Morgan fingerprint density at radius 3 is 1.67 bits per heavy atom. The molecule has 1 aliphatic rings. The average Bonchev–Trinajstić information content (AvgIpc) is 3.96. The topological polar surface area (TPSA) is 94.2 Å². The molecule has 1 fully saturated rings. The van der Waals surface area contributed by atoms with Crippen molar-refractivity contribution >= 4 is 5.97 Å². The third-order valence-corrected chi connectivity index (χ3v) is 12.2. The number of piperazine rings is 1. The van der Waals surface area contributed by atoms with Crippen molar-refractivity contribution < 1.29 is 9.53 Å². The second kappa shape index (κ2) is 18.9. The zero-order valence-corrected chi connectivity index (χ0v) is 35.9. The Hall–Kier alpha value is -7.01. The predicted octanol–water partition coefficient (Wildman–Crippen LogP) is 9.15. The number of ether oxygens (including phenoxy) is 1. The Bertz CT molecular complexity index is 2630. The molecule has 0 unspecified atom stereocenters. The molecule has 10 nitrogen and oxygen atoms in total. The molecule has 0 saturated carbocycles. The molecule has 0 bridgehead atoms. The lowest BCUT2D eigenvalue weighted by atomic mass is 9.77. The molecule has 1 saturated heterocycles. The molecule has 6 aromatic carbocycles. The van der Waals surface area contributed by atoms with Gasteiger partial charge >= 0.3 is 5.97 Å². The van der Waals surface area contributed by atoms with Crippen LogP contribution in [0.4, 0.5) is 0 Å². The Kier molecular flexibility index (Phi) is 12.4. The summed E-state index contributed by atoms with van der Waals surface area (Å²) in [7, 11) is 1.46. The van der Waals surface area contributed by atoms with Crippen molar-refractivity contribution in [3.8, 4) is 22.5 Å². The van der Waals surface area contributed by atoms with Gasteiger partial charge in [0.2, 0.25) is 0 Å². The molecular formula is C53H52N8O2. The molecule has 0 atom stereocenters. The van der Waals surface area contributed by atoms with Crippen molar-refractivity contribution in [3.05, 3.63) is 215 Å². The normalized spacial score (nSPS) is 13.6. The largest absolute Gasteiger partial charge is 0.464 e. The molecule has 0 amide bonds. The molecule has 0 aliphatic carbocycles. The zero-order chi connectivity index (χ0) is 43.0. The van der Waals surface area contributed by atoms with Gasteiger partial charge in [0.05, 0.1) is 12.8 Å². The number of aryl methyl sites for hydroxylation is 1. The highest BCUT2D eigenvalue weighted by Gasteiger charge is 2.42. The van der Waals surface area contributed by atoms with Gasteiger partial charge < -0.3 is 9.30 Å². The van der Waals surface area contributed by atoms with Crippen molar-refractivity contribution in [2.24, 2.45) is 0 Å². The van der Waals surface area contributed by atoms with E-state index in [1.54, 1.807) is 0 Å². The molecule has 3 heterocycles. The summed E-state index contributed by atoms with van der Waals surface area (Å²) in [6.07, 6.45) is 1.66. The first kappa shape index (κ1) is 41.3. The third-order valence-electron chi connectivity index (χ3n) is 12.2. The number of nitrogens with zero attached hydrogens (tertiary/aromatic N) is 8. The minimum Gasteiger partial charge on any atom is -0.464 e. The third kappa shape index (κ3) is 8.47. The maximum absolute atomic E-state index is 13.6. The van der Waals surface area contributed by atoms with Crippen LogP contribution in [0.3, 0.4) is 0 Å². The highest BCUT2D eigenvalue weighted by molar-refractivity contribution is 5.89. The molecule has 63 heavy (non-hydrogen) atoms. The van der Waals surface area contributed by atoms with Gasteiger partial charge in [0.15, 0.2) is 11.5 Å². The summed E-state index contributed by atoms with van der Waals surface area (Å²) in [6.45, 7) is 7.92. The van der Waals surface area contributed by atoms with Gasteiger partial charge in [-0.2, -0.15) is 0 Å². The van der Waals surface area contributed by atoms with E-state index in [4.69, 9.17) is 20.0 Å². The van der Waals surface area contributed by atoms with E-state index in [0.29, 0.717) is 24.6 Å². The van der Waals surface area contributed by atoms with Gasteiger partial charge in [0, 0.05) is 57.8 Å². The van der Waals surface area contributed by atoms with Gasteiger partial charge in [-0.05, 0) is 55.8 Å². The van der Waals surface area contributed by atoms with Crippen LogP contribution in [0, 0.1) is 0 Å². The minimum atomic E-state index is -0.881. The number of carbonyl (C=O) groups excluding carboxylic acids is 1. The Morgan fingerprint density at radius 1 is 0.603 bits per heavy atom. The fraction of sp³-hybridized carbons (Fsp3) is 0.226. The summed E-state index contributed by atoms with van der Waals surface area (Å²) < 4.78 is 9.47. The van der Waals surface area contributed by atoms with Crippen LogP contribution in [0.1, 0.15) is 63.2 Å². The van der Waals surface area contributed by atoms with E-state index in [9.17, 15) is 4.79 Å². The standard InChI is InChI=1S/C53H52N8O2/c1-3-18-49-54-48(39-59-35-33-58(34-36-59)37-40-19-8-4-9-20-40)50(52(62)63-2)60(49)38-41-29-31-42(32-30-41)46-27-16-17-28-47(46)51-55-56-57-61(51)53(43-21-10-5-11-22-43,44-23-12-6-13-24-44)45-25-14-7-15-26-45/h4-17,19-32H,3,18,33-39H2,1-2H3. The molecule has 8 aromatic rings. The number of tetrazole rings is 1. The van der Waals surface area contributed by atoms with E-state index < -0.39 is 5.54 Å². The van der Waals surface area contributed by atoms with Crippen LogP contribution in [0.25, 0.3) is 22.5 Å². The number of rotatable bonds is 15. The van der Waals surface area contributed by atoms with Crippen LogP contribution < -0.4 is 0 Å². The Balaban J connectivity index is 1.03. The maximum Gasteiger partial charge on any atom is 0.356 e. The van der Waals surface area contributed by atoms with E-state index in [0.717, 1.165) is 96.0 Å². The number of imidazole rings is 1. The molecule has 0 radical (unpaired) electrons. The first-order chi connectivity index (χ1) is 31.1. The lowest BCUT2D eigenvalue weighted by molar-refractivity contribution is 0.0584. The maximum atomic E-state index is 13.6. The van der Waals surface area contributed by atoms with Crippen LogP contribution in [0.5, 0.6) is 0 Å². The summed E-state index contributed by atoms with van der Waals surface area (Å²) in [4.78, 5) is 23.6. The van der Waals surface area contributed by atoms with E-state index in [2.05, 4.69) is 172 Å². The number of benzene rings is 6. The van der Waals surface area contributed by atoms with Crippen LogP contribution in [-0.4, -0.2) is 78.8 Å². The van der Waals surface area contributed by atoms with Gasteiger partial charge in [-0.3, -0.25) is 9.80 Å². The quantitative estimate of drug-likeness (QED) is 0.0747. The second-order valence-electron chi connectivity index (χ2n) is 16.2. The van der Waals surface area contributed by atoms with Gasteiger partial charge in [-0.25, -0.2) is 14.5 Å². The highest BCUT2D eigenvalue weighted by atomic mass is 16.5. The molecule has 1 aliphatic heterocycles. The number of hydrogen-bond acceptors (Lipinski definition) is 8. The van der Waals surface area contributed by atoms with Gasteiger partial charge in [0.25, 0.3) is 0 Å². The average molecular weight is 833 g/mol. The van der Waals surface area contributed by atoms with Crippen molar-refractivity contribution in [1.29, 1.82) is 0 Å². The fourth-order valence-electron chi connectivity index (χ4n) is 9.12. The van der Waals surface area contributed by atoms with E-state index in [1.165, 1.54) is 12.7 Å². The van der Waals surface area contributed by atoms with E-state index in [1.807, 2.05) is 28.9 Å². The smallest absolute Gasteiger partial charge is 0.356 e. The molecular weight excluding hydrogens is 781 g/mol. The van der Waals surface area contributed by atoms with Crippen molar-refractivity contribution in [1.82, 2.24) is 39.6 Å². The van der Waals surface area contributed by atoms with Crippen molar-refractivity contribution in [3.63, 3.8) is 0 Å². The molecule has 10 heteroatoms. The van der Waals surface area contributed by atoms with Crippen molar-refractivity contribution in [2.75, 3.05) is 33.3 Å². The van der Waals surface area contributed by atoms with Crippen LogP contribution in [-0.2, 0) is 36.3 Å². The van der Waals surface area contributed by atoms with Crippen LogP contribution in [0.2, 0.25) is 0 Å². The predicted molar refractivity (Wildman–Crippen MR) is 247 cm³/mol. The fourth-order valence-corrected chi connectivity index (χ4v) is 9.12. The summed E-state index contributed by atoms with van der Waals surface area (Å²) in [5.41, 5.74) is 8.85. The summed E-state index contributed by atoms with van der Waals surface area (Å²) in [5, 5.41) is 13.9. The lowest BCUT2D eigenvalue weighted by Crippen LogP contribution is -2.45. The first-order valence-corrected chi connectivity index (χ1v) is 21.9. The number of methoxy groups -OCH3 is 1. The number of carbonyl (C=O) groups is 1. The Morgan fingerprint density at radius 2 is 1.11 bits per heavy atom. The zero-order valence-electron chi connectivity index (χ0n) is 35.9. The SMILES string of the molecule is CCCc1nc(CN2CCN(Cc3ccccc3)CC2)c(C(=O)OC)n1Cc1ccc(-c2ccccc2-c2nnnn2C(c2ccccc2)(c2ccccc2)c2ccccc2)cc1. The molecule has 316 valence electrons. The first-order valence-electron chi connectivity index (χ1n) is 21.9. The van der Waals surface area contributed by atoms with Gasteiger partial charge in [-0.15, -0.1) is 5.10 Å². The molecule has 9 rings (SSSR count). The van der Waals surface area contributed by atoms with Gasteiger partial charge in [0.1, 0.15) is 11.4 Å². The monoisotopic (exact) mass is 832 g/mol. The molecule has 2 aromatic heterocycles. The van der Waals surface area contributed by atoms with Gasteiger partial charge in [-0.1, -0.05) is 177 Å². The number of aromatic nitrogens is 6. The number of esters is 1. The van der Waals surface area contributed by atoms with E-state index >= 15 is 0 Å². The minimum absolute atomic E-state index is 0.358.